The first-order valence-corrected chi connectivity index (χ1v) is 11.2. The minimum Gasteiger partial charge on any atom is -0.224 e. The Morgan fingerprint density at radius 3 is 2.22 bits per heavy atom. The van der Waals surface area contributed by atoms with Crippen LogP contribution < -0.4 is 0 Å². The first-order valence-electron chi connectivity index (χ1n) is 9.51. The van der Waals surface area contributed by atoms with E-state index >= 15 is 0 Å². The van der Waals surface area contributed by atoms with Gasteiger partial charge in [0.2, 0.25) is 0 Å². The lowest BCUT2D eigenvalue weighted by atomic mass is 9.71. The third kappa shape index (κ3) is 4.57. The van der Waals surface area contributed by atoms with Crippen molar-refractivity contribution in [2.24, 2.45) is 11.3 Å². The topological polar surface area (TPSA) is 34.1 Å². The summed E-state index contributed by atoms with van der Waals surface area (Å²) in [7, 11) is -3.37. The second-order valence-corrected chi connectivity index (χ2v) is 10.1. The van der Waals surface area contributed by atoms with Crippen molar-refractivity contribution in [2.75, 3.05) is 5.75 Å². The molecule has 2 aromatic rings. The van der Waals surface area contributed by atoms with Gasteiger partial charge in [-0.15, -0.1) is 0 Å². The van der Waals surface area contributed by atoms with Crippen LogP contribution in [0.15, 0.2) is 47.4 Å². The maximum atomic E-state index is 13.9. The highest BCUT2D eigenvalue weighted by molar-refractivity contribution is 7.91. The van der Waals surface area contributed by atoms with Gasteiger partial charge in [-0.05, 0) is 66.8 Å². The van der Waals surface area contributed by atoms with E-state index in [1.54, 1.807) is 12.1 Å². The Bertz CT molecular complexity index is 896. The summed E-state index contributed by atoms with van der Waals surface area (Å²) >= 11 is 0. The number of benzene rings is 2. The Labute approximate surface area is 160 Å². The summed E-state index contributed by atoms with van der Waals surface area (Å²) in [4.78, 5) is 0.262. The van der Waals surface area contributed by atoms with E-state index < -0.39 is 21.5 Å². The minimum absolute atomic E-state index is 0.164. The molecule has 5 heteroatoms. The first-order chi connectivity index (χ1) is 12.7. The summed E-state index contributed by atoms with van der Waals surface area (Å²) in [5.74, 6) is -0.936. The summed E-state index contributed by atoms with van der Waals surface area (Å²) in [5.41, 5.74) is 1.13. The Morgan fingerprint density at radius 1 is 1.04 bits per heavy atom. The molecule has 0 N–H and O–H groups in total. The van der Waals surface area contributed by atoms with Crippen LogP contribution in [0.2, 0.25) is 0 Å². The third-order valence-corrected chi connectivity index (χ3v) is 7.98. The lowest BCUT2D eigenvalue weighted by molar-refractivity contribution is 0.172. The van der Waals surface area contributed by atoms with E-state index in [0.29, 0.717) is 11.0 Å². The summed E-state index contributed by atoms with van der Waals surface area (Å²) in [5, 5.41) is 0. The van der Waals surface area contributed by atoms with E-state index in [1.165, 1.54) is 24.3 Å². The van der Waals surface area contributed by atoms with E-state index in [-0.39, 0.29) is 22.1 Å². The average molecular weight is 393 g/mol. The molecule has 0 heterocycles. The molecular weight excluding hydrogens is 366 g/mol. The monoisotopic (exact) mass is 392 g/mol. The van der Waals surface area contributed by atoms with Crippen LogP contribution in [0.5, 0.6) is 0 Å². The zero-order valence-corrected chi connectivity index (χ0v) is 16.7. The summed E-state index contributed by atoms with van der Waals surface area (Å²) < 4.78 is 52.5. The zero-order chi connectivity index (χ0) is 19.7. The molecule has 2 nitrogen and oxygen atoms in total. The van der Waals surface area contributed by atoms with Crippen molar-refractivity contribution >= 4 is 9.84 Å². The predicted octanol–water partition coefficient (Wildman–Crippen LogP) is 6.01. The number of halogens is 2. The Morgan fingerprint density at radius 2 is 1.67 bits per heavy atom. The van der Waals surface area contributed by atoms with Crippen LogP contribution in [0.1, 0.15) is 46.0 Å². The number of hydrogen-bond acceptors (Lipinski definition) is 2. The molecule has 27 heavy (non-hydrogen) atoms. The van der Waals surface area contributed by atoms with Gasteiger partial charge in [-0.2, -0.15) is 0 Å². The smallest absolute Gasteiger partial charge is 0.178 e. The van der Waals surface area contributed by atoms with Crippen molar-refractivity contribution in [2.45, 2.75) is 50.8 Å². The maximum absolute atomic E-state index is 13.9. The molecule has 0 aromatic heterocycles. The normalized spacial score (nSPS) is 23.3. The van der Waals surface area contributed by atoms with E-state index in [2.05, 4.69) is 13.8 Å². The number of hydrogen-bond donors (Lipinski definition) is 0. The van der Waals surface area contributed by atoms with Crippen LogP contribution in [0.25, 0.3) is 11.1 Å². The lowest BCUT2D eigenvalue weighted by Crippen LogP contribution is -2.27. The van der Waals surface area contributed by atoms with Gasteiger partial charge in [-0.3, -0.25) is 0 Å². The molecule has 2 aromatic carbocycles. The number of sulfone groups is 1. The highest BCUT2D eigenvalue weighted by Gasteiger charge is 2.32. The molecule has 146 valence electrons. The highest BCUT2D eigenvalue weighted by atomic mass is 32.2. The second-order valence-electron chi connectivity index (χ2n) is 8.04. The average Bonchev–Trinajstić information content (AvgIpc) is 2.64. The van der Waals surface area contributed by atoms with Gasteiger partial charge in [-0.25, -0.2) is 17.2 Å². The van der Waals surface area contributed by atoms with Gasteiger partial charge >= 0.3 is 0 Å². The zero-order valence-electron chi connectivity index (χ0n) is 15.8. The SMILES string of the molecule is CCC1(C)CCC(CS(=O)(=O)c2ccc(-c3ccc(F)cc3F)cc2)CC1. The molecule has 1 saturated carbocycles. The van der Waals surface area contributed by atoms with Gasteiger partial charge < -0.3 is 0 Å². The molecule has 0 radical (unpaired) electrons. The highest BCUT2D eigenvalue weighted by Crippen LogP contribution is 2.41. The van der Waals surface area contributed by atoms with Crippen molar-refractivity contribution in [3.05, 3.63) is 54.1 Å². The van der Waals surface area contributed by atoms with Gasteiger partial charge in [0.1, 0.15) is 11.6 Å². The summed E-state index contributed by atoms with van der Waals surface area (Å²) in [6.07, 6.45) is 5.18. The molecule has 1 fully saturated rings. The molecule has 0 saturated heterocycles. The van der Waals surface area contributed by atoms with E-state index in [0.717, 1.165) is 38.2 Å². The van der Waals surface area contributed by atoms with Gasteiger partial charge in [0.05, 0.1) is 10.6 Å². The molecule has 1 aliphatic rings. The van der Waals surface area contributed by atoms with E-state index in [9.17, 15) is 17.2 Å². The molecule has 0 aliphatic heterocycles. The Kier molecular flexibility index (Phi) is 5.71. The van der Waals surface area contributed by atoms with Crippen LogP contribution in [-0.2, 0) is 9.84 Å². The van der Waals surface area contributed by atoms with Crippen LogP contribution in [-0.4, -0.2) is 14.2 Å². The van der Waals surface area contributed by atoms with Crippen LogP contribution >= 0.6 is 0 Å². The van der Waals surface area contributed by atoms with Crippen molar-refractivity contribution in [1.82, 2.24) is 0 Å². The fourth-order valence-corrected chi connectivity index (χ4v) is 5.56. The molecule has 0 unspecified atom stereocenters. The first kappa shape index (κ1) is 20.0. The van der Waals surface area contributed by atoms with Crippen molar-refractivity contribution in [3.63, 3.8) is 0 Å². The molecular formula is C22H26F2O2S. The largest absolute Gasteiger partial charge is 0.224 e. The molecule has 0 amide bonds. The number of rotatable bonds is 5. The molecule has 0 spiro atoms. The second kappa shape index (κ2) is 7.70. The maximum Gasteiger partial charge on any atom is 0.178 e. The molecule has 1 aliphatic carbocycles. The van der Waals surface area contributed by atoms with E-state index in [4.69, 9.17) is 0 Å². The summed E-state index contributed by atoms with van der Waals surface area (Å²) in [6.45, 7) is 4.48. The van der Waals surface area contributed by atoms with Crippen molar-refractivity contribution < 1.29 is 17.2 Å². The van der Waals surface area contributed by atoms with Gasteiger partial charge in [0, 0.05) is 11.6 Å². The van der Waals surface area contributed by atoms with Gasteiger partial charge in [0.25, 0.3) is 0 Å². The van der Waals surface area contributed by atoms with Crippen molar-refractivity contribution in [3.8, 4) is 11.1 Å². The fourth-order valence-electron chi connectivity index (χ4n) is 3.87. The Hall–Kier alpha value is -1.75. The molecule has 3 rings (SSSR count). The summed E-state index contributed by atoms with van der Waals surface area (Å²) in [6, 6.07) is 9.58. The van der Waals surface area contributed by atoms with Crippen LogP contribution in [0, 0.1) is 23.0 Å². The minimum atomic E-state index is -3.37. The van der Waals surface area contributed by atoms with Crippen LogP contribution in [0.3, 0.4) is 0 Å². The van der Waals surface area contributed by atoms with Crippen LogP contribution in [0.4, 0.5) is 8.78 Å². The predicted molar refractivity (Wildman–Crippen MR) is 104 cm³/mol. The van der Waals surface area contributed by atoms with Crippen molar-refractivity contribution in [1.29, 1.82) is 0 Å². The van der Waals surface area contributed by atoms with Gasteiger partial charge in [0.15, 0.2) is 9.84 Å². The standard InChI is InChI=1S/C22H26F2O2S/c1-3-22(2)12-10-16(11-13-22)15-27(25,26)19-7-4-17(5-8-19)20-9-6-18(23)14-21(20)24/h4-9,14,16H,3,10-13,15H2,1-2H3. The fraction of sp³-hybridized carbons (Fsp3) is 0.455. The van der Waals surface area contributed by atoms with E-state index in [1.807, 2.05) is 0 Å². The Balaban J connectivity index is 1.72. The lowest BCUT2D eigenvalue weighted by Gasteiger charge is -2.36. The molecule has 0 atom stereocenters. The molecule has 0 bridgehead atoms. The van der Waals surface area contributed by atoms with Gasteiger partial charge in [-0.1, -0.05) is 32.4 Å². The quantitative estimate of drug-likeness (QED) is 0.624. The third-order valence-electron chi connectivity index (χ3n) is 6.08.